The van der Waals surface area contributed by atoms with E-state index in [1.165, 1.54) is 16.7 Å². The third-order valence-electron chi connectivity index (χ3n) is 4.92. The molecule has 0 aliphatic carbocycles. The van der Waals surface area contributed by atoms with Gasteiger partial charge in [-0.3, -0.25) is 9.88 Å². The fourth-order valence-electron chi connectivity index (χ4n) is 3.26. The van der Waals surface area contributed by atoms with Gasteiger partial charge in [0.1, 0.15) is 6.10 Å². The number of aromatic nitrogens is 4. The molecule has 1 saturated heterocycles. The van der Waals surface area contributed by atoms with Gasteiger partial charge >= 0.3 is 0 Å². The lowest BCUT2D eigenvalue weighted by Crippen LogP contribution is -2.38. The van der Waals surface area contributed by atoms with Crippen LogP contribution < -0.4 is 5.32 Å². The molecule has 0 radical (unpaired) electrons. The maximum atomic E-state index is 5.98. The number of hydrogen-bond acceptors (Lipinski definition) is 7. The van der Waals surface area contributed by atoms with Crippen LogP contribution in [0.25, 0.3) is 0 Å². The fraction of sp³-hybridized carbons (Fsp3) is 0.333. The average Bonchev–Trinajstić information content (AvgIpc) is 2.72. The largest absolute Gasteiger partial charge is 0.369 e. The van der Waals surface area contributed by atoms with Gasteiger partial charge in [-0.25, -0.2) is 15.0 Å². The molecule has 0 spiro atoms. The van der Waals surface area contributed by atoms with Crippen molar-refractivity contribution in [1.29, 1.82) is 0 Å². The van der Waals surface area contributed by atoms with E-state index in [-0.39, 0.29) is 6.10 Å². The van der Waals surface area contributed by atoms with Crippen LogP contribution in [0.3, 0.4) is 0 Å². The molecule has 3 heterocycles. The minimum atomic E-state index is -0.105. The zero-order valence-electron chi connectivity index (χ0n) is 16.2. The number of rotatable bonds is 5. The molecular formula is C21H24N6O. The van der Waals surface area contributed by atoms with Gasteiger partial charge in [-0.1, -0.05) is 18.2 Å². The van der Waals surface area contributed by atoms with Gasteiger partial charge in [-0.05, 0) is 36.6 Å². The number of benzene rings is 1. The molecule has 1 fully saturated rings. The minimum Gasteiger partial charge on any atom is -0.369 e. The molecule has 1 unspecified atom stereocenters. The highest BCUT2D eigenvalue weighted by Crippen LogP contribution is 2.23. The first-order valence-electron chi connectivity index (χ1n) is 9.43. The molecule has 1 atom stereocenters. The first kappa shape index (κ1) is 18.5. The molecule has 28 heavy (non-hydrogen) atoms. The number of nitrogens with one attached hydrogen (secondary N) is 1. The molecule has 1 aliphatic heterocycles. The van der Waals surface area contributed by atoms with Crippen molar-refractivity contribution in [2.75, 3.05) is 25.0 Å². The Morgan fingerprint density at radius 2 is 2.00 bits per heavy atom. The van der Waals surface area contributed by atoms with Crippen LogP contribution in [0.4, 0.5) is 11.8 Å². The lowest BCUT2D eigenvalue weighted by atomic mass is 10.1. The topological polar surface area (TPSA) is 76.1 Å². The molecule has 0 amide bonds. The van der Waals surface area contributed by atoms with Crippen LogP contribution >= 0.6 is 0 Å². The third-order valence-corrected chi connectivity index (χ3v) is 4.92. The van der Waals surface area contributed by atoms with Gasteiger partial charge in [-0.2, -0.15) is 0 Å². The summed E-state index contributed by atoms with van der Waals surface area (Å²) in [4.78, 5) is 19.7. The molecule has 3 aromatic rings. The summed E-state index contributed by atoms with van der Waals surface area (Å²) in [5.41, 5.74) is 4.79. The summed E-state index contributed by atoms with van der Waals surface area (Å²) in [7, 11) is 0. The van der Waals surface area contributed by atoms with Crippen LogP contribution in [0.15, 0.2) is 49.1 Å². The van der Waals surface area contributed by atoms with E-state index >= 15 is 0 Å². The van der Waals surface area contributed by atoms with Crippen LogP contribution in [0.2, 0.25) is 0 Å². The molecule has 4 rings (SSSR count). The van der Waals surface area contributed by atoms with Crippen molar-refractivity contribution < 1.29 is 4.74 Å². The van der Waals surface area contributed by atoms with E-state index in [0.29, 0.717) is 18.4 Å². The summed E-state index contributed by atoms with van der Waals surface area (Å²) < 4.78 is 5.98. The third kappa shape index (κ3) is 4.49. The van der Waals surface area contributed by atoms with Gasteiger partial charge in [0.15, 0.2) is 5.82 Å². The zero-order chi connectivity index (χ0) is 19.3. The molecule has 0 bridgehead atoms. The fourth-order valence-corrected chi connectivity index (χ4v) is 3.26. The standard InChI is InChI=1S/C21H24N6O/c1-15-4-5-17(10-16(15)2)13-27-8-9-28-19(14-27)18-11-22-12-20(25-18)26-21-23-6-3-7-24-21/h3-7,10-12,19H,8-9,13-14H2,1-2H3,(H,23,24,25,26). The monoisotopic (exact) mass is 376 g/mol. The Bertz CT molecular complexity index is 933. The Morgan fingerprint density at radius 3 is 2.82 bits per heavy atom. The maximum absolute atomic E-state index is 5.98. The Kier molecular flexibility index (Phi) is 5.55. The van der Waals surface area contributed by atoms with E-state index in [1.807, 2.05) is 0 Å². The summed E-state index contributed by atoms with van der Waals surface area (Å²) in [6.07, 6.45) is 6.69. The van der Waals surface area contributed by atoms with Crippen molar-refractivity contribution in [2.45, 2.75) is 26.5 Å². The molecule has 1 aromatic carbocycles. The second kappa shape index (κ2) is 8.41. The number of morpholine rings is 1. The summed E-state index contributed by atoms with van der Waals surface area (Å²) in [5, 5.41) is 3.08. The van der Waals surface area contributed by atoms with Crippen molar-refractivity contribution in [3.63, 3.8) is 0 Å². The number of hydrogen-bond donors (Lipinski definition) is 1. The Morgan fingerprint density at radius 1 is 1.14 bits per heavy atom. The summed E-state index contributed by atoms with van der Waals surface area (Å²) in [5.74, 6) is 1.11. The van der Waals surface area contributed by atoms with Gasteiger partial charge in [-0.15, -0.1) is 0 Å². The summed E-state index contributed by atoms with van der Waals surface area (Å²) >= 11 is 0. The SMILES string of the molecule is Cc1ccc(CN2CCOC(c3cncc(Nc4ncccn4)n3)C2)cc1C. The quantitative estimate of drug-likeness (QED) is 0.733. The molecule has 1 N–H and O–H groups in total. The number of ether oxygens (including phenoxy) is 1. The summed E-state index contributed by atoms with van der Waals surface area (Å²) in [6, 6.07) is 8.43. The highest BCUT2D eigenvalue weighted by atomic mass is 16.5. The molecule has 7 heteroatoms. The smallest absolute Gasteiger partial charge is 0.228 e. The number of aryl methyl sites for hydroxylation is 2. The predicted molar refractivity (Wildman–Crippen MR) is 107 cm³/mol. The van der Waals surface area contributed by atoms with Crippen LogP contribution in [0, 0.1) is 13.8 Å². The van der Waals surface area contributed by atoms with Gasteiger partial charge in [0, 0.05) is 32.0 Å². The van der Waals surface area contributed by atoms with Crippen molar-refractivity contribution >= 4 is 11.8 Å². The Balaban J connectivity index is 1.44. The Hall–Kier alpha value is -2.90. The van der Waals surface area contributed by atoms with Gasteiger partial charge in [0.2, 0.25) is 5.95 Å². The van der Waals surface area contributed by atoms with Gasteiger partial charge in [0.25, 0.3) is 0 Å². The van der Waals surface area contributed by atoms with Gasteiger partial charge < -0.3 is 10.1 Å². The van der Waals surface area contributed by atoms with E-state index in [2.05, 4.69) is 62.2 Å². The van der Waals surface area contributed by atoms with Crippen molar-refractivity contribution in [3.8, 4) is 0 Å². The molecule has 2 aromatic heterocycles. The number of anilines is 2. The lowest BCUT2D eigenvalue weighted by molar-refractivity contribution is -0.0351. The molecule has 0 saturated carbocycles. The van der Waals surface area contributed by atoms with Crippen molar-refractivity contribution in [1.82, 2.24) is 24.8 Å². The van der Waals surface area contributed by atoms with E-state index in [1.54, 1.807) is 30.9 Å². The van der Waals surface area contributed by atoms with Crippen LogP contribution in [-0.4, -0.2) is 44.5 Å². The highest BCUT2D eigenvalue weighted by Gasteiger charge is 2.24. The van der Waals surface area contributed by atoms with E-state index < -0.39 is 0 Å². The normalized spacial score (nSPS) is 17.4. The Labute approximate surface area is 164 Å². The second-order valence-corrected chi connectivity index (χ2v) is 7.04. The first-order chi connectivity index (χ1) is 13.7. The van der Waals surface area contributed by atoms with Crippen molar-refractivity contribution in [2.24, 2.45) is 0 Å². The van der Waals surface area contributed by atoms with Crippen LogP contribution in [0.1, 0.15) is 28.5 Å². The predicted octanol–water partition coefficient (Wildman–Crippen LogP) is 3.20. The maximum Gasteiger partial charge on any atom is 0.228 e. The molecule has 144 valence electrons. The van der Waals surface area contributed by atoms with E-state index in [9.17, 15) is 0 Å². The average molecular weight is 376 g/mol. The minimum absolute atomic E-state index is 0.105. The molecule has 1 aliphatic rings. The molecular weight excluding hydrogens is 352 g/mol. The molecule has 7 nitrogen and oxygen atoms in total. The van der Waals surface area contributed by atoms with Gasteiger partial charge in [0.05, 0.1) is 24.7 Å². The van der Waals surface area contributed by atoms with Crippen molar-refractivity contribution in [3.05, 3.63) is 71.4 Å². The van der Waals surface area contributed by atoms with E-state index in [0.717, 1.165) is 25.3 Å². The first-order valence-corrected chi connectivity index (χ1v) is 9.43. The van der Waals surface area contributed by atoms with Crippen LogP contribution in [-0.2, 0) is 11.3 Å². The van der Waals surface area contributed by atoms with E-state index in [4.69, 9.17) is 4.74 Å². The van der Waals surface area contributed by atoms with Crippen LogP contribution in [0.5, 0.6) is 0 Å². The lowest BCUT2D eigenvalue weighted by Gasteiger charge is -2.32. The zero-order valence-corrected chi connectivity index (χ0v) is 16.2. The second-order valence-electron chi connectivity index (χ2n) is 7.04. The summed E-state index contributed by atoms with van der Waals surface area (Å²) in [6.45, 7) is 7.58. The highest BCUT2D eigenvalue weighted by molar-refractivity contribution is 5.45. The number of nitrogens with zero attached hydrogens (tertiary/aromatic N) is 5.